The maximum Gasteiger partial charge on any atom is 0.387 e. The Kier molecular flexibility index (Phi) is 5.20. The summed E-state index contributed by atoms with van der Waals surface area (Å²) in [6, 6.07) is 6.69. The van der Waals surface area contributed by atoms with E-state index in [0.717, 1.165) is 5.56 Å². The molecule has 1 N–H and O–H groups in total. The zero-order valence-corrected chi connectivity index (χ0v) is 12.5. The van der Waals surface area contributed by atoms with Crippen molar-refractivity contribution < 1.29 is 13.5 Å². The number of nitrogens with one attached hydrogen (secondary N) is 1. The summed E-state index contributed by atoms with van der Waals surface area (Å²) in [6.07, 6.45) is 3.38. The molecular formula is C14H12Cl2F2N2O. The molecular weight excluding hydrogens is 321 g/mol. The summed E-state index contributed by atoms with van der Waals surface area (Å²) in [5.41, 5.74) is 1.63. The number of hydrogen-bond acceptors (Lipinski definition) is 3. The lowest BCUT2D eigenvalue weighted by Gasteiger charge is -2.17. The van der Waals surface area contributed by atoms with Gasteiger partial charge in [-0.25, -0.2) is 0 Å². The third-order valence-corrected chi connectivity index (χ3v) is 3.36. The van der Waals surface area contributed by atoms with Gasteiger partial charge < -0.3 is 10.1 Å². The van der Waals surface area contributed by atoms with Gasteiger partial charge in [0.1, 0.15) is 0 Å². The predicted molar refractivity (Wildman–Crippen MR) is 79.4 cm³/mol. The van der Waals surface area contributed by atoms with Gasteiger partial charge in [-0.15, -0.1) is 0 Å². The van der Waals surface area contributed by atoms with Crippen LogP contribution in [0.25, 0.3) is 0 Å². The highest BCUT2D eigenvalue weighted by Gasteiger charge is 2.15. The van der Waals surface area contributed by atoms with Gasteiger partial charge in [0.25, 0.3) is 0 Å². The van der Waals surface area contributed by atoms with E-state index in [2.05, 4.69) is 15.0 Å². The number of alkyl halides is 2. The highest BCUT2D eigenvalue weighted by Crippen LogP contribution is 2.37. The zero-order valence-electron chi connectivity index (χ0n) is 11.0. The van der Waals surface area contributed by atoms with Gasteiger partial charge in [0.05, 0.1) is 10.0 Å². The van der Waals surface area contributed by atoms with Crippen LogP contribution in [0.1, 0.15) is 18.5 Å². The summed E-state index contributed by atoms with van der Waals surface area (Å²) in [5.74, 6) is -0.226. The molecule has 1 heterocycles. The van der Waals surface area contributed by atoms with Crippen LogP contribution >= 0.6 is 23.2 Å². The highest BCUT2D eigenvalue weighted by molar-refractivity contribution is 6.37. The van der Waals surface area contributed by atoms with Crippen LogP contribution in [0.5, 0.6) is 5.75 Å². The van der Waals surface area contributed by atoms with Crippen LogP contribution in [-0.4, -0.2) is 11.6 Å². The molecule has 2 aromatic rings. The third-order valence-electron chi connectivity index (χ3n) is 2.79. The van der Waals surface area contributed by atoms with E-state index in [9.17, 15) is 8.78 Å². The van der Waals surface area contributed by atoms with E-state index in [0.29, 0.717) is 5.69 Å². The van der Waals surface area contributed by atoms with E-state index in [1.165, 1.54) is 12.1 Å². The minimum absolute atomic E-state index is 0.0206. The molecule has 0 aliphatic heterocycles. The molecule has 0 spiro atoms. The number of hydrogen-bond donors (Lipinski definition) is 1. The second-order valence-electron chi connectivity index (χ2n) is 4.29. The molecule has 112 valence electrons. The van der Waals surface area contributed by atoms with E-state index < -0.39 is 6.61 Å². The van der Waals surface area contributed by atoms with Gasteiger partial charge >= 0.3 is 6.61 Å². The Bertz CT molecular complexity index is 588. The van der Waals surface area contributed by atoms with Crippen molar-refractivity contribution in [2.24, 2.45) is 0 Å². The second kappa shape index (κ2) is 6.91. The van der Waals surface area contributed by atoms with Crippen LogP contribution in [-0.2, 0) is 0 Å². The Balaban J connectivity index is 2.18. The van der Waals surface area contributed by atoms with Crippen LogP contribution in [0.15, 0.2) is 36.7 Å². The monoisotopic (exact) mass is 332 g/mol. The molecule has 1 aromatic carbocycles. The summed E-state index contributed by atoms with van der Waals surface area (Å²) in [6.45, 7) is -1.03. The van der Waals surface area contributed by atoms with Crippen LogP contribution < -0.4 is 10.1 Å². The molecule has 1 atom stereocenters. The molecule has 0 radical (unpaired) electrons. The Hall–Kier alpha value is -1.59. The van der Waals surface area contributed by atoms with Crippen molar-refractivity contribution in [3.8, 4) is 5.75 Å². The number of pyridine rings is 1. The molecule has 21 heavy (non-hydrogen) atoms. The van der Waals surface area contributed by atoms with E-state index >= 15 is 0 Å². The fourth-order valence-corrected chi connectivity index (χ4v) is 2.41. The predicted octanol–water partition coefficient (Wildman–Crippen LogP) is 5.16. The normalized spacial score (nSPS) is 12.3. The number of anilines is 1. The van der Waals surface area contributed by atoms with Crippen molar-refractivity contribution >= 4 is 28.9 Å². The summed E-state index contributed by atoms with van der Waals surface area (Å²) in [7, 11) is 0. The van der Waals surface area contributed by atoms with Gasteiger partial charge in [-0.05, 0) is 36.8 Å². The molecule has 0 amide bonds. The standard InChI is InChI=1S/C14H12Cl2F2N2O/c1-8(9-2-4-19-5-3-9)20-10-6-11(15)13(12(16)7-10)21-14(17)18/h2-8,14,20H,1H3. The molecule has 2 rings (SSSR count). The van der Waals surface area contributed by atoms with Crippen molar-refractivity contribution in [2.45, 2.75) is 19.6 Å². The highest BCUT2D eigenvalue weighted by atomic mass is 35.5. The van der Waals surface area contributed by atoms with Crippen molar-refractivity contribution in [1.29, 1.82) is 0 Å². The number of halogens is 4. The first-order valence-corrected chi connectivity index (χ1v) is 6.83. The fourth-order valence-electron chi connectivity index (χ4n) is 1.83. The Labute approximate surface area is 130 Å². The first-order chi connectivity index (χ1) is 9.97. The minimum atomic E-state index is -2.98. The van der Waals surface area contributed by atoms with Crippen LogP contribution in [0.3, 0.4) is 0 Å². The fraction of sp³-hybridized carbons (Fsp3) is 0.214. The Morgan fingerprint density at radius 2 is 1.71 bits per heavy atom. The van der Waals surface area contributed by atoms with Crippen LogP contribution in [0, 0.1) is 0 Å². The van der Waals surface area contributed by atoms with Crippen molar-refractivity contribution in [2.75, 3.05) is 5.32 Å². The van der Waals surface area contributed by atoms with E-state index in [1.54, 1.807) is 12.4 Å². The smallest absolute Gasteiger partial charge is 0.387 e. The minimum Gasteiger partial charge on any atom is -0.432 e. The van der Waals surface area contributed by atoms with Gasteiger partial charge in [0, 0.05) is 24.1 Å². The average molecular weight is 333 g/mol. The molecule has 0 fully saturated rings. The number of benzene rings is 1. The molecule has 0 aliphatic carbocycles. The van der Waals surface area contributed by atoms with E-state index in [1.807, 2.05) is 19.1 Å². The molecule has 1 aromatic heterocycles. The number of ether oxygens (including phenoxy) is 1. The van der Waals surface area contributed by atoms with Crippen LogP contribution in [0.2, 0.25) is 10.0 Å². The molecule has 3 nitrogen and oxygen atoms in total. The van der Waals surface area contributed by atoms with Crippen molar-refractivity contribution in [1.82, 2.24) is 4.98 Å². The average Bonchev–Trinajstić information content (AvgIpc) is 2.43. The first-order valence-electron chi connectivity index (χ1n) is 6.07. The maximum atomic E-state index is 12.3. The SMILES string of the molecule is CC(Nc1cc(Cl)c(OC(F)F)c(Cl)c1)c1ccncc1. The third kappa shape index (κ3) is 4.19. The van der Waals surface area contributed by atoms with Crippen molar-refractivity contribution in [3.63, 3.8) is 0 Å². The first kappa shape index (κ1) is 15.8. The van der Waals surface area contributed by atoms with Gasteiger partial charge in [-0.1, -0.05) is 23.2 Å². The van der Waals surface area contributed by atoms with Crippen molar-refractivity contribution in [3.05, 3.63) is 52.3 Å². The lowest BCUT2D eigenvalue weighted by Crippen LogP contribution is -2.07. The van der Waals surface area contributed by atoms with Gasteiger partial charge in [0.2, 0.25) is 0 Å². The molecule has 7 heteroatoms. The lowest BCUT2D eigenvalue weighted by atomic mass is 10.1. The molecule has 0 saturated carbocycles. The number of nitrogens with zero attached hydrogens (tertiary/aromatic N) is 1. The van der Waals surface area contributed by atoms with Gasteiger partial charge in [-0.2, -0.15) is 8.78 Å². The molecule has 1 unspecified atom stereocenters. The van der Waals surface area contributed by atoms with E-state index in [4.69, 9.17) is 23.2 Å². The molecule has 0 aliphatic rings. The Morgan fingerprint density at radius 3 is 2.24 bits per heavy atom. The number of aromatic nitrogens is 1. The summed E-state index contributed by atoms with van der Waals surface area (Å²) < 4.78 is 28.8. The van der Waals surface area contributed by atoms with E-state index in [-0.39, 0.29) is 21.8 Å². The molecule has 0 saturated heterocycles. The maximum absolute atomic E-state index is 12.3. The summed E-state index contributed by atoms with van der Waals surface area (Å²) in [4.78, 5) is 3.94. The van der Waals surface area contributed by atoms with Gasteiger partial charge in [-0.3, -0.25) is 4.98 Å². The summed E-state index contributed by atoms with van der Waals surface area (Å²) >= 11 is 11.8. The lowest BCUT2D eigenvalue weighted by molar-refractivity contribution is -0.0497. The molecule has 0 bridgehead atoms. The largest absolute Gasteiger partial charge is 0.432 e. The zero-order chi connectivity index (χ0) is 15.4. The topological polar surface area (TPSA) is 34.1 Å². The van der Waals surface area contributed by atoms with Crippen LogP contribution in [0.4, 0.5) is 14.5 Å². The van der Waals surface area contributed by atoms with Gasteiger partial charge in [0.15, 0.2) is 5.75 Å². The number of rotatable bonds is 5. The summed E-state index contributed by atoms with van der Waals surface area (Å²) in [5, 5.41) is 3.22. The Morgan fingerprint density at radius 1 is 1.14 bits per heavy atom. The second-order valence-corrected chi connectivity index (χ2v) is 5.11. The quantitative estimate of drug-likeness (QED) is 0.820.